The van der Waals surface area contributed by atoms with Crippen LogP contribution in [0.25, 0.3) is 10.2 Å². The Kier molecular flexibility index (Phi) is 4.92. The molecule has 1 aliphatic heterocycles. The summed E-state index contributed by atoms with van der Waals surface area (Å²) < 4.78 is 0.974. The molecule has 0 unspecified atom stereocenters. The first-order chi connectivity index (χ1) is 13.8. The minimum atomic E-state index is -0.892. The zero-order valence-corrected chi connectivity index (χ0v) is 17.2. The molecule has 3 aromatic rings. The van der Waals surface area contributed by atoms with Gasteiger partial charge in [0.1, 0.15) is 6.04 Å². The first kappa shape index (κ1) is 19.3. The Balaban J connectivity index is 1.63. The molecule has 1 atom stereocenters. The average molecular weight is 407 g/mol. The molecule has 148 valence electrons. The van der Waals surface area contributed by atoms with Gasteiger partial charge in [-0.05, 0) is 49.1 Å². The fraction of sp³-hybridized carbons (Fsp3) is 0.273. The van der Waals surface area contributed by atoms with Gasteiger partial charge in [0, 0.05) is 0 Å². The zero-order chi connectivity index (χ0) is 20.7. The number of thiazole rings is 1. The number of fused-ring (bicyclic) bond motifs is 2. The molecule has 1 aromatic heterocycles. The number of nitrogens with zero attached hydrogens (tertiary/aromatic N) is 2. The third-order valence-corrected chi connectivity index (χ3v) is 5.84. The molecule has 2 heterocycles. The van der Waals surface area contributed by atoms with Crippen LogP contribution in [0.1, 0.15) is 46.5 Å². The number of imide groups is 1. The van der Waals surface area contributed by atoms with Crippen LogP contribution in [0.15, 0.2) is 42.5 Å². The lowest BCUT2D eigenvalue weighted by atomic mass is 10.0. The SMILES string of the molecule is Cc1ccc2nc(NC(=O)[C@H](CC(C)C)N3C(=O)c4ccccc4C3=O)sc2c1. The van der Waals surface area contributed by atoms with Crippen LogP contribution < -0.4 is 5.32 Å². The van der Waals surface area contributed by atoms with Crippen LogP contribution in [0.3, 0.4) is 0 Å². The summed E-state index contributed by atoms with van der Waals surface area (Å²) in [6.07, 6.45) is 0.376. The van der Waals surface area contributed by atoms with Crippen molar-refractivity contribution in [2.75, 3.05) is 5.32 Å². The van der Waals surface area contributed by atoms with Crippen LogP contribution in [0.5, 0.6) is 0 Å². The lowest BCUT2D eigenvalue weighted by Crippen LogP contribution is -2.47. The van der Waals surface area contributed by atoms with Crippen molar-refractivity contribution in [1.29, 1.82) is 0 Å². The van der Waals surface area contributed by atoms with Gasteiger partial charge in [0.2, 0.25) is 5.91 Å². The smallest absolute Gasteiger partial charge is 0.262 e. The van der Waals surface area contributed by atoms with Gasteiger partial charge in [0.05, 0.1) is 21.3 Å². The van der Waals surface area contributed by atoms with Crippen molar-refractivity contribution in [3.63, 3.8) is 0 Å². The molecule has 2 aromatic carbocycles. The van der Waals surface area contributed by atoms with Gasteiger partial charge in [-0.2, -0.15) is 0 Å². The molecule has 7 heteroatoms. The lowest BCUT2D eigenvalue weighted by Gasteiger charge is -2.26. The van der Waals surface area contributed by atoms with E-state index in [-0.39, 0.29) is 5.92 Å². The van der Waals surface area contributed by atoms with Gasteiger partial charge in [0.15, 0.2) is 5.13 Å². The molecule has 3 amide bonds. The maximum Gasteiger partial charge on any atom is 0.262 e. The number of aryl methyl sites for hydroxylation is 1. The standard InChI is InChI=1S/C22H21N3O3S/c1-12(2)10-17(25-20(27)14-6-4-5-7-15(14)21(25)28)19(26)24-22-23-16-9-8-13(3)11-18(16)29-22/h4-9,11-12,17H,10H2,1-3H3,(H,23,24,26)/t17-/m0/s1. The molecule has 0 saturated carbocycles. The molecule has 0 aliphatic carbocycles. The van der Waals surface area contributed by atoms with Crippen molar-refractivity contribution < 1.29 is 14.4 Å². The second-order valence-electron chi connectivity index (χ2n) is 7.65. The summed E-state index contributed by atoms with van der Waals surface area (Å²) in [7, 11) is 0. The van der Waals surface area contributed by atoms with E-state index in [0.717, 1.165) is 20.7 Å². The van der Waals surface area contributed by atoms with E-state index < -0.39 is 23.8 Å². The quantitative estimate of drug-likeness (QED) is 0.641. The summed E-state index contributed by atoms with van der Waals surface area (Å²) in [4.78, 5) is 44.4. The number of aromatic nitrogens is 1. The topological polar surface area (TPSA) is 79.4 Å². The van der Waals surface area contributed by atoms with E-state index in [0.29, 0.717) is 22.7 Å². The molecule has 4 rings (SSSR count). The molecule has 0 radical (unpaired) electrons. The number of hydrogen-bond acceptors (Lipinski definition) is 5. The first-order valence-electron chi connectivity index (χ1n) is 9.50. The second kappa shape index (κ2) is 7.40. The van der Waals surface area contributed by atoms with Crippen LogP contribution in [0, 0.1) is 12.8 Å². The zero-order valence-electron chi connectivity index (χ0n) is 16.4. The highest BCUT2D eigenvalue weighted by molar-refractivity contribution is 7.22. The first-order valence-corrected chi connectivity index (χ1v) is 10.3. The summed E-state index contributed by atoms with van der Waals surface area (Å²) >= 11 is 1.38. The van der Waals surface area contributed by atoms with Crippen LogP contribution in [0.4, 0.5) is 5.13 Å². The van der Waals surface area contributed by atoms with E-state index in [4.69, 9.17) is 0 Å². The van der Waals surface area contributed by atoms with Crippen molar-refractivity contribution in [3.8, 4) is 0 Å². The van der Waals surface area contributed by atoms with Crippen molar-refractivity contribution in [3.05, 3.63) is 59.2 Å². The van der Waals surface area contributed by atoms with E-state index in [1.165, 1.54) is 11.3 Å². The molecule has 0 saturated heterocycles. The van der Waals surface area contributed by atoms with Gasteiger partial charge in [-0.3, -0.25) is 19.3 Å². The van der Waals surface area contributed by atoms with E-state index in [9.17, 15) is 14.4 Å². The Labute approximate surface area is 172 Å². The van der Waals surface area contributed by atoms with Gasteiger partial charge in [-0.1, -0.05) is 43.4 Å². The Morgan fingerprint density at radius 1 is 1.10 bits per heavy atom. The number of nitrogens with one attached hydrogen (secondary N) is 1. The van der Waals surface area contributed by atoms with Crippen LogP contribution in [-0.2, 0) is 4.79 Å². The number of benzene rings is 2. The number of amides is 3. The monoisotopic (exact) mass is 407 g/mol. The van der Waals surface area contributed by atoms with E-state index in [2.05, 4.69) is 10.3 Å². The maximum atomic E-state index is 13.1. The van der Waals surface area contributed by atoms with E-state index >= 15 is 0 Å². The van der Waals surface area contributed by atoms with E-state index in [1.807, 2.05) is 39.0 Å². The minimum absolute atomic E-state index is 0.119. The highest BCUT2D eigenvalue weighted by Gasteiger charge is 2.42. The summed E-state index contributed by atoms with van der Waals surface area (Å²) in [6, 6.07) is 11.7. The number of hydrogen-bond donors (Lipinski definition) is 1. The molecular formula is C22H21N3O3S. The average Bonchev–Trinajstić information content (AvgIpc) is 3.18. The largest absolute Gasteiger partial charge is 0.300 e. The Hall–Kier alpha value is -3.06. The van der Waals surface area contributed by atoms with E-state index in [1.54, 1.807) is 24.3 Å². The van der Waals surface area contributed by atoms with Crippen LogP contribution in [0.2, 0.25) is 0 Å². The number of carbonyl (C=O) groups excluding carboxylic acids is 3. The number of anilines is 1. The van der Waals surface area contributed by atoms with Crippen molar-refractivity contribution in [2.24, 2.45) is 5.92 Å². The Bertz CT molecular complexity index is 1100. The molecular weight excluding hydrogens is 386 g/mol. The highest BCUT2D eigenvalue weighted by atomic mass is 32.1. The minimum Gasteiger partial charge on any atom is -0.300 e. The normalized spacial score (nSPS) is 14.6. The predicted octanol–water partition coefficient (Wildman–Crippen LogP) is 4.25. The molecule has 29 heavy (non-hydrogen) atoms. The summed E-state index contributed by atoms with van der Waals surface area (Å²) in [6.45, 7) is 5.91. The van der Waals surface area contributed by atoms with Crippen molar-refractivity contribution >= 4 is 44.4 Å². The third-order valence-electron chi connectivity index (χ3n) is 4.91. The van der Waals surface area contributed by atoms with Crippen molar-refractivity contribution in [2.45, 2.75) is 33.2 Å². The van der Waals surface area contributed by atoms with Gasteiger partial charge < -0.3 is 5.32 Å². The molecule has 6 nitrogen and oxygen atoms in total. The second-order valence-corrected chi connectivity index (χ2v) is 8.68. The fourth-order valence-corrected chi connectivity index (χ4v) is 4.51. The molecule has 1 N–H and O–H groups in total. The Morgan fingerprint density at radius 3 is 2.38 bits per heavy atom. The predicted molar refractivity (Wildman–Crippen MR) is 113 cm³/mol. The molecule has 1 aliphatic rings. The molecule has 0 spiro atoms. The third kappa shape index (κ3) is 3.53. The van der Waals surface area contributed by atoms with Crippen molar-refractivity contribution in [1.82, 2.24) is 9.88 Å². The molecule has 0 bridgehead atoms. The fourth-order valence-electron chi connectivity index (χ4n) is 3.54. The van der Waals surface area contributed by atoms with Gasteiger partial charge >= 0.3 is 0 Å². The van der Waals surface area contributed by atoms with Gasteiger partial charge in [-0.25, -0.2) is 4.98 Å². The highest BCUT2D eigenvalue weighted by Crippen LogP contribution is 2.30. The Morgan fingerprint density at radius 2 is 1.76 bits per heavy atom. The lowest BCUT2D eigenvalue weighted by molar-refractivity contribution is -0.120. The van der Waals surface area contributed by atoms with Crippen LogP contribution >= 0.6 is 11.3 Å². The van der Waals surface area contributed by atoms with Crippen LogP contribution in [-0.4, -0.2) is 33.6 Å². The van der Waals surface area contributed by atoms with Gasteiger partial charge in [-0.15, -0.1) is 0 Å². The maximum absolute atomic E-state index is 13.1. The van der Waals surface area contributed by atoms with Gasteiger partial charge in [0.25, 0.3) is 11.8 Å². The number of rotatable bonds is 5. The number of carbonyl (C=O) groups is 3. The summed E-state index contributed by atoms with van der Waals surface area (Å²) in [5, 5.41) is 3.28. The molecule has 0 fully saturated rings. The summed E-state index contributed by atoms with van der Waals surface area (Å²) in [5.41, 5.74) is 2.60. The summed E-state index contributed by atoms with van der Waals surface area (Å²) in [5.74, 6) is -1.13.